The minimum absolute atomic E-state index is 0.187. The minimum Gasteiger partial charge on any atom is -0.497 e. The molecule has 1 aliphatic rings. The van der Waals surface area contributed by atoms with Gasteiger partial charge in [0.1, 0.15) is 5.75 Å². The number of carbonyl (C=O) groups is 1. The lowest BCUT2D eigenvalue weighted by atomic mass is 10.1. The molecule has 0 aliphatic carbocycles. The van der Waals surface area contributed by atoms with E-state index >= 15 is 0 Å². The zero-order chi connectivity index (χ0) is 18.2. The Hall–Kier alpha value is -2.63. The first-order valence-corrected chi connectivity index (χ1v) is 9.26. The van der Waals surface area contributed by atoms with E-state index in [0.29, 0.717) is 12.2 Å². The van der Waals surface area contributed by atoms with Gasteiger partial charge < -0.3 is 15.0 Å². The highest BCUT2D eigenvalue weighted by Crippen LogP contribution is 2.16. The highest BCUT2D eigenvalue weighted by molar-refractivity contribution is 5.92. The largest absolute Gasteiger partial charge is 0.497 e. The highest BCUT2D eigenvalue weighted by Gasteiger charge is 2.13. The second kappa shape index (κ2) is 9.17. The van der Waals surface area contributed by atoms with Crippen molar-refractivity contribution in [3.63, 3.8) is 0 Å². The zero-order valence-corrected chi connectivity index (χ0v) is 15.3. The molecule has 2 heterocycles. The van der Waals surface area contributed by atoms with Gasteiger partial charge in [-0.25, -0.2) is 0 Å². The quantitative estimate of drug-likeness (QED) is 0.864. The summed E-state index contributed by atoms with van der Waals surface area (Å²) in [6, 6.07) is 11.5. The van der Waals surface area contributed by atoms with Crippen LogP contribution in [0, 0.1) is 0 Å². The number of nitrogens with zero attached hydrogens (tertiary/aromatic N) is 3. The smallest absolute Gasteiger partial charge is 0.271 e. The molecular formula is C20H26N4O2. The summed E-state index contributed by atoms with van der Waals surface area (Å²) in [5, 5.41) is 11.3. The van der Waals surface area contributed by atoms with E-state index in [1.165, 1.54) is 25.7 Å². The van der Waals surface area contributed by atoms with Crippen LogP contribution in [0.1, 0.15) is 41.7 Å². The van der Waals surface area contributed by atoms with Crippen LogP contribution in [0.5, 0.6) is 5.75 Å². The Morgan fingerprint density at radius 1 is 1.04 bits per heavy atom. The van der Waals surface area contributed by atoms with Crippen molar-refractivity contribution >= 4 is 11.7 Å². The Balaban J connectivity index is 1.49. The van der Waals surface area contributed by atoms with Gasteiger partial charge in [-0.15, -0.1) is 10.2 Å². The van der Waals surface area contributed by atoms with Gasteiger partial charge in [-0.1, -0.05) is 25.0 Å². The third kappa shape index (κ3) is 4.94. The van der Waals surface area contributed by atoms with Crippen molar-refractivity contribution in [1.29, 1.82) is 0 Å². The Morgan fingerprint density at radius 3 is 2.38 bits per heavy atom. The molecule has 0 unspecified atom stereocenters. The number of benzene rings is 1. The SMILES string of the molecule is COc1ccc(CCNC(=O)c2ccc(N3CCCCCC3)nn2)cc1. The predicted octanol–water partition coefficient (Wildman–Crippen LogP) is 2.84. The van der Waals surface area contributed by atoms with Crippen LogP contribution in [-0.2, 0) is 6.42 Å². The van der Waals surface area contributed by atoms with E-state index in [4.69, 9.17) is 4.74 Å². The summed E-state index contributed by atoms with van der Waals surface area (Å²) >= 11 is 0. The van der Waals surface area contributed by atoms with Crippen LogP contribution in [0.25, 0.3) is 0 Å². The predicted molar refractivity (Wildman–Crippen MR) is 102 cm³/mol. The number of anilines is 1. The number of aromatic nitrogens is 2. The maximum atomic E-state index is 12.2. The van der Waals surface area contributed by atoms with Crippen molar-refractivity contribution in [1.82, 2.24) is 15.5 Å². The number of methoxy groups -OCH3 is 1. The van der Waals surface area contributed by atoms with Crippen LogP contribution < -0.4 is 15.0 Å². The third-order valence-corrected chi connectivity index (χ3v) is 4.67. The topological polar surface area (TPSA) is 67.3 Å². The molecular weight excluding hydrogens is 328 g/mol. The maximum Gasteiger partial charge on any atom is 0.271 e. The van der Waals surface area contributed by atoms with Crippen LogP contribution in [0.2, 0.25) is 0 Å². The zero-order valence-electron chi connectivity index (χ0n) is 15.3. The summed E-state index contributed by atoms with van der Waals surface area (Å²) < 4.78 is 5.14. The highest BCUT2D eigenvalue weighted by atomic mass is 16.5. The van der Waals surface area contributed by atoms with E-state index in [1.54, 1.807) is 13.2 Å². The molecule has 6 nitrogen and oxygen atoms in total. The first-order chi connectivity index (χ1) is 12.8. The molecule has 1 aromatic carbocycles. The number of ether oxygens (including phenoxy) is 1. The first kappa shape index (κ1) is 18.2. The van der Waals surface area contributed by atoms with Crippen molar-refractivity contribution in [2.24, 2.45) is 0 Å². The molecule has 1 N–H and O–H groups in total. The van der Waals surface area contributed by atoms with Gasteiger partial charge in [-0.05, 0) is 49.1 Å². The van der Waals surface area contributed by atoms with Crippen LogP contribution in [0.3, 0.4) is 0 Å². The average molecular weight is 354 g/mol. The fraction of sp³-hybridized carbons (Fsp3) is 0.450. The molecule has 0 atom stereocenters. The van der Waals surface area contributed by atoms with E-state index in [0.717, 1.165) is 36.6 Å². The Labute approximate surface area is 154 Å². The van der Waals surface area contributed by atoms with Gasteiger partial charge in [0.25, 0.3) is 5.91 Å². The molecule has 138 valence electrons. The molecule has 0 radical (unpaired) electrons. The fourth-order valence-electron chi connectivity index (χ4n) is 3.12. The molecule has 6 heteroatoms. The molecule has 1 aromatic heterocycles. The lowest BCUT2D eigenvalue weighted by molar-refractivity contribution is 0.0948. The number of carbonyl (C=O) groups excluding carboxylic acids is 1. The fourth-order valence-corrected chi connectivity index (χ4v) is 3.12. The van der Waals surface area contributed by atoms with Crippen molar-refractivity contribution in [3.05, 3.63) is 47.7 Å². The van der Waals surface area contributed by atoms with E-state index < -0.39 is 0 Å². The maximum absolute atomic E-state index is 12.2. The minimum atomic E-state index is -0.187. The molecule has 0 bridgehead atoms. The number of nitrogens with one attached hydrogen (secondary N) is 1. The average Bonchev–Trinajstić information content (AvgIpc) is 2.98. The third-order valence-electron chi connectivity index (χ3n) is 4.67. The van der Waals surface area contributed by atoms with Gasteiger partial charge >= 0.3 is 0 Å². The summed E-state index contributed by atoms with van der Waals surface area (Å²) in [5.41, 5.74) is 1.51. The van der Waals surface area contributed by atoms with Gasteiger partial charge in [0, 0.05) is 19.6 Å². The van der Waals surface area contributed by atoms with Gasteiger partial charge in [0.2, 0.25) is 0 Å². The van der Waals surface area contributed by atoms with Crippen molar-refractivity contribution in [2.45, 2.75) is 32.1 Å². The van der Waals surface area contributed by atoms with Crippen molar-refractivity contribution in [3.8, 4) is 5.75 Å². The van der Waals surface area contributed by atoms with Gasteiger partial charge in [0.05, 0.1) is 7.11 Å². The summed E-state index contributed by atoms with van der Waals surface area (Å²) in [4.78, 5) is 14.5. The summed E-state index contributed by atoms with van der Waals surface area (Å²) in [7, 11) is 1.65. The summed E-state index contributed by atoms with van der Waals surface area (Å²) in [6.45, 7) is 2.59. The van der Waals surface area contributed by atoms with Crippen molar-refractivity contribution in [2.75, 3.05) is 31.6 Å². The van der Waals surface area contributed by atoms with Gasteiger partial charge in [-0.2, -0.15) is 0 Å². The molecule has 1 amide bonds. The monoisotopic (exact) mass is 354 g/mol. The Bertz CT molecular complexity index is 693. The second-order valence-corrected chi connectivity index (χ2v) is 6.53. The van der Waals surface area contributed by atoms with E-state index in [-0.39, 0.29) is 5.91 Å². The number of amides is 1. The van der Waals surface area contributed by atoms with Crippen LogP contribution in [0.4, 0.5) is 5.82 Å². The standard InChI is InChI=1S/C20H26N4O2/c1-26-17-8-6-16(7-9-17)12-13-21-20(25)18-10-11-19(23-22-18)24-14-4-2-3-5-15-24/h6-11H,2-5,12-15H2,1H3,(H,21,25). The number of rotatable bonds is 6. The lowest BCUT2D eigenvalue weighted by Crippen LogP contribution is -2.28. The van der Waals surface area contributed by atoms with Crippen LogP contribution in [0.15, 0.2) is 36.4 Å². The van der Waals surface area contributed by atoms with Gasteiger partial charge in [-0.3, -0.25) is 4.79 Å². The molecule has 1 saturated heterocycles. The molecule has 2 aromatic rings. The summed E-state index contributed by atoms with van der Waals surface area (Å²) in [5.74, 6) is 1.51. The number of hydrogen-bond donors (Lipinski definition) is 1. The second-order valence-electron chi connectivity index (χ2n) is 6.53. The van der Waals surface area contributed by atoms with Crippen molar-refractivity contribution < 1.29 is 9.53 Å². The molecule has 26 heavy (non-hydrogen) atoms. The lowest BCUT2D eigenvalue weighted by Gasteiger charge is -2.20. The van der Waals surface area contributed by atoms with E-state index in [1.807, 2.05) is 30.3 Å². The molecule has 1 aliphatic heterocycles. The van der Waals surface area contributed by atoms with E-state index in [2.05, 4.69) is 20.4 Å². The molecule has 0 saturated carbocycles. The first-order valence-electron chi connectivity index (χ1n) is 9.26. The van der Waals surface area contributed by atoms with Crippen LogP contribution in [-0.4, -0.2) is 42.8 Å². The molecule has 1 fully saturated rings. The molecule has 3 rings (SSSR count). The van der Waals surface area contributed by atoms with Crippen LogP contribution >= 0.6 is 0 Å². The summed E-state index contributed by atoms with van der Waals surface area (Å²) in [6.07, 6.45) is 5.69. The van der Waals surface area contributed by atoms with E-state index in [9.17, 15) is 4.79 Å². The van der Waals surface area contributed by atoms with Gasteiger partial charge in [0.15, 0.2) is 11.5 Å². The number of hydrogen-bond acceptors (Lipinski definition) is 5. The molecule has 0 spiro atoms. The Kier molecular flexibility index (Phi) is 6.41. The normalized spacial score (nSPS) is 14.6. The Morgan fingerprint density at radius 2 is 1.77 bits per heavy atom.